The fraction of sp³-hybridized carbons (Fsp3) is 0.579. The lowest BCUT2D eigenvalue weighted by Gasteiger charge is -2.44. The van der Waals surface area contributed by atoms with Crippen LogP contribution in [0.4, 0.5) is 19.2 Å². The van der Waals surface area contributed by atoms with E-state index in [1.54, 1.807) is 19.1 Å². The number of anilines is 1. The van der Waals surface area contributed by atoms with Crippen LogP contribution in [0, 0.1) is 0 Å². The zero-order valence-corrected chi connectivity index (χ0v) is 16.2. The summed E-state index contributed by atoms with van der Waals surface area (Å²) in [7, 11) is 3.20. The van der Waals surface area contributed by atoms with Crippen LogP contribution in [0.25, 0.3) is 0 Å². The van der Waals surface area contributed by atoms with Gasteiger partial charge < -0.3 is 23.5 Å². The van der Waals surface area contributed by atoms with E-state index in [4.69, 9.17) is 18.6 Å². The van der Waals surface area contributed by atoms with Gasteiger partial charge in [0.2, 0.25) is 5.89 Å². The Hall–Kier alpha value is -2.49. The largest absolute Gasteiger partial charge is 0.493 e. The highest BCUT2D eigenvalue weighted by Crippen LogP contribution is 2.45. The lowest BCUT2D eigenvalue weighted by molar-refractivity contribution is -0.130. The number of rotatable bonds is 4. The van der Waals surface area contributed by atoms with Gasteiger partial charge in [0.05, 0.1) is 26.4 Å². The third-order valence-corrected chi connectivity index (χ3v) is 5.50. The van der Waals surface area contributed by atoms with Crippen molar-refractivity contribution in [2.75, 3.05) is 38.8 Å². The van der Waals surface area contributed by atoms with Crippen LogP contribution in [0.5, 0.6) is 11.5 Å². The highest BCUT2D eigenvalue weighted by molar-refractivity contribution is 5.50. The number of alkyl halides is 3. The first-order chi connectivity index (χ1) is 13.8. The number of benzene rings is 1. The number of halogens is 3. The smallest absolute Gasteiger partial charge is 0.397 e. The Kier molecular flexibility index (Phi) is 5.05. The summed E-state index contributed by atoms with van der Waals surface area (Å²) in [4.78, 5) is 1.80. The second-order valence-corrected chi connectivity index (χ2v) is 7.21. The molecule has 29 heavy (non-hydrogen) atoms. The number of aromatic nitrogens is 2. The van der Waals surface area contributed by atoms with Gasteiger partial charge in [0.1, 0.15) is 6.42 Å². The van der Waals surface area contributed by atoms with Crippen LogP contribution >= 0.6 is 0 Å². The first kappa shape index (κ1) is 19.8. The van der Waals surface area contributed by atoms with E-state index in [-0.39, 0.29) is 6.01 Å². The first-order valence-electron chi connectivity index (χ1n) is 9.37. The topological polar surface area (TPSA) is 69.9 Å². The van der Waals surface area contributed by atoms with Gasteiger partial charge >= 0.3 is 12.2 Å². The van der Waals surface area contributed by atoms with Gasteiger partial charge in [-0.05, 0) is 42.5 Å². The summed E-state index contributed by atoms with van der Waals surface area (Å²) in [5, 5.41) is 7.30. The molecular formula is C19H22F3N3O4. The molecule has 1 spiro atoms. The van der Waals surface area contributed by atoms with Crippen molar-refractivity contribution in [3.63, 3.8) is 0 Å². The first-order valence-corrected chi connectivity index (χ1v) is 9.37. The zero-order chi connectivity index (χ0) is 20.6. The van der Waals surface area contributed by atoms with Crippen LogP contribution in [0.15, 0.2) is 16.5 Å². The minimum absolute atomic E-state index is 0.113. The van der Waals surface area contributed by atoms with Gasteiger partial charge in [-0.2, -0.15) is 13.2 Å². The van der Waals surface area contributed by atoms with Crippen LogP contribution < -0.4 is 14.4 Å². The summed E-state index contributed by atoms with van der Waals surface area (Å²) < 4.78 is 59.8. The maximum atomic E-state index is 12.5. The van der Waals surface area contributed by atoms with Crippen molar-refractivity contribution in [1.82, 2.24) is 10.2 Å². The van der Waals surface area contributed by atoms with Gasteiger partial charge in [0.25, 0.3) is 0 Å². The van der Waals surface area contributed by atoms with E-state index in [9.17, 15) is 13.2 Å². The number of nitrogens with zero attached hydrogens (tertiary/aromatic N) is 3. The van der Waals surface area contributed by atoms with Crippen molar-refractivity contribution < 1.29 is 31.8 Å². The van der Waals surface area contributed by atoms with Gasteiger partial charge in [0.15, 0.2) is 11.5 Å². The number of ether oxygens (including phenoxy) is 3. The average Bonchev–Trinajstić information content (AvgIpc) is 3.14. The van der Waals surface area contributed by atoms with Crippen LogP contribution in [-0.2, 0) is 23.2 Å². The fourth-order valence-corrected chi connectivity index (χ4v) is 4.07. The normalized spacial score (nSPS) is 18.6. The van der Waals surface area contributed by atoms with Crippen molar-refractivity contribution in [2.24, 2.45) is 0 Å². The SMILES string of the molecule is COc1cc2c(cc1OC)C1(CCN(c3nnc(CC(F)(F)F)o3)CC1)OCC2. The van der Waals surface area contributed by atoms with Gasteiger partial charge in [-0.25, -0.2) is 0 Å². The van der Waals surface area contributed by atoms with E-state index in [1.807, 2.05) is 12.1 Å². The van der Waals surface area contributed by atoms with Crippen molar-refractivity contribution >= 4 is 6.01 Å². The molecule has 3 heterocycles. The van der Waals surface area contributed by atoms with E-state index >= 15 is 0 Å². The Morgan fingerprint density at radius 3 is 2.45 bits per heavy atom. The number of methoxy groups -OCH3 is 2. The molecule has 0 atom stereocenters. The monoisotopic (exact) mass is 413 g/mol. The molecule has 4 rings (SSSR count). The van der Waals surface area contributed by atoms with E-state index in [0.29, 0.717) is 44.0 Å². The Labute approximate surface area is 165 Å². The van der Waals surface area contributed by atoms with Gasteiger partial charge in [-0.15, -0.1) is 5.10 Å². The molecule has 0 aliphatic carbocycles. The lowest BCUT2D eigenvalue weighted by atomic mass is 9.79. The summed E-state index contributed by atoms with van der Waals surface area (Å²) >= 11 is 0. The van der Waals surface area contributed by atoms with E-state index in [2.05, 4.69) is 10.2 Å². The Balaban J connectivity index is 1.53. The minimum Gasteiger partial charge on any atom is -0.493 e. The molecule has 158 valence electrons. The van der Waals surface area contributed by atoms with Gasteiger partial charge in [-0.1, -0.05) is 5.10 Å². The molecule has 0 amide bonds. The number of hydrogen-bond acceptors (Lipinski definition) is 7. The standard InChI is InChI=1S/C19H22F3N3O4/c1-26-14-9-12-3-8-28-18(13(12)10-15(14)27-2)4-6-25(7-5-18)17-24-23-16(29-17)11-19(20,21)22/h9-10H,3-8,11H2,1-2H3. The number of fused-ring (bicyclic) bond motifs is 2. The quantitative estimate of drug-likeness (QED) is 0.762. The summed E-state index contributed by atoms with van der Waals surface area (Å²) in [6.45, 7) is 1.65. The molecule has 1 saturated heterocycles. The molecule has 0 saturated carbocycles. The second-order valence-electron chi connectivity index (χ2n) is 7.21. The van der Waals surface area contributed by atoms with Gasteiger partial charge in [0, 0.05) is 13.1 Å². The van der Waals surface area contributed by atoms with Crippen molar-refractivity contribution in [3.05, 3.63) is 29.2 Å². The van der Waals surface area contributed by atoms with Gasteiger partial charge in [-0.3, -0.25) is 0 Å². The second kappa shape index (κ2) is 7.40. The molecule has 2 aliphatic rings. The minimum atomic E-state index is -4.38. The maximum absolute atomic E-state index is 12.5. The zero-order valence-electron chi connectivity index (χ0n) is 16.2. The maximum Gasteiger partial charge on any atom is 0.397 e. The third kappa shape index (κ3) is 3.85. The third-order valence-electron chi connectivity index (χ3n) is 5.50. The average molecular weight is 413 g/mol. The predicted octanol–water partition coefficient (Wildman–Crippen LogP) is 3.26. The summed E-state index contributed by atoms with van der Waals surface area (Å²) in [5.41, 5.74) is 1.76. The highest BCUT2D eigenvalue weighted by atomic mass is 19.4. The molecular weight excluding hydrogens is 391 g/mol. The lowest BCUT2D eigenvalue weighted by Crippen LogP contribution is -2.46. The Morgan fingerprint density at radius 1 is 1.10 bits per heavy atom. The molecule has 10 heteroatoms. The summed E-state index contributed by atoms with van der Waals surface area (Å²) in [6.07, 6.45) is -3.53. The number of piperidine rings is 1. The van der Waals surface area contributed by atoms with E-state index < -0.39 is 24.1 Å². The molecule has 2 aliphatic heterocycles. The molecule has 0 bridgehead atoms. The fourth-order valence-electron chi connectivity index (χ4n) is 4.07. The van der Waals surface area contributed by atoms with Crippen LogP contribution in [0.3, 0.4) is 0 Å². The van der Waals surface area contributed by atoms with Crippen LogP contribution in [0.1, 0.15) is 29.9 Å². The molecule has 0 radical (unpaired) electrons. The van der Waals surface area contributed by atoms with Crippen molar-refractivity contribution in [2.45, 2.75) is 37.5 Å². The molecule has 1 fully saturated rings. The summed E-state index contributed by atoms with van der Waals surface area (Å²) in [6, 6.07) is 4.08. The highest BCUT2D eigenvalue weighted by Gasteiger charge is 2.42. The van der Waals surface area contributed by atoms with Crippen molar-refractivity contribution in [1.29, 1.82) is 0 Å². The number of hydrogen-bond donors (Lipinski definition) is 0. The molecule has 0 N–H and O–H groups in total. The molecule has 7 nitrogen and oxygen atoms in total. The van der Waals surface area contributed by atoms with E-state index in [0.717, 1.165) is 17.5 Å². The predicted molar refractivity (Wildman–Crippen MR) is 96.4 cm³/mol. The van der Waals surface area contributed by atoms with Crippen molar-refractivity contribution in [3.8, 4) is 11.5 Å². The molecule has 1 aromatic heterocycles. The van der Waals surface area contributed by atoms with E-state index in [1.165, 1.54) is 0 Å². The van der Waals surface area contributed by atoms with Crippen LogP contribution in [-0.4, -0.2) is 50.3 Å². The Morgan fingerprint density at radius 2 is 1.79 bits per heavy atom. The molecule has 1 aromatic carbocycles. The molecule has 0 unspecified atom stereocenters. The van der Waals surface area contributed by atoms with Crippen LogP contribution in [0.2, 0.25) is 0 Å². The Bertz CT molecular complexity index is 876. The molecule has 2 aromatic rings. The summed E-state index contributed by atoms with van der Waals surface area (Å²) in [5.74, 6) is 0.903.